The van der Waals surface area contributed by atoms with Crippen LogP contribution < -0.4 is 15.4 Å². The van der Waals surface area contributed by atoms with Crippen molar-refractivity contribution in [3.63, 3.8) is 0 Å². The highest BCUT2D eigenvalue weighted by molar-refractivity contribution is 6.29. The fourth-order valence-electron chi connectivity index (χ4n) is 2.15. The summed E-state index contributed by atoms with van der Waals surface area (Å²) in [6.45, 7) is 4.52. The third kappa shape index (κ3) is 3.33. The van der Waals surface area contributed by atoms with E-state index in [0.717, 1.165) is 22.6 Å². The van der Waals surface area contributed by atoms with E-state index in [-0.39, 0.29) is 5.95 Å². The lowest BCUT2D eigenvalue weighted by molar-refractivity contribution is 0.407. The first-order valence-electron chi connectivity index (χ1n) is 6.42. The molecule has 2 heterocycles. The third-order valence-electron chi connectivity index (χ3n) is 3.23. The zero-order valence-electron chi connectivity index (χ0n) is 12.5. The minimum absolute atomic E-state index is 0.149. The van der Waals surface area contributed by atoms with Crippen molar-refractivity contribution >= 4 is 23.4 Å². The van der Waals surface area contributed by atoms with Gasteiger partial charge in [-0.15, -0.1) is 0 Å². The molecule has 112 valence electrons. The Kier molecular flexibility index (Phi) is 4.47. The third-order valence-corrected chi connectivity index (χ3v) is 3.42. The minimum Gasteiger partial charge on any atom is -0.496 e. The van der Waals surface area contributed by atoms with Crippen LogP contribution in [0.15, 0.2) is 12.3 Å². The van der Waals surface area contributed by atoms with Crippen molar-refractivity contribution in [2.24, 2.45) is 0 Å². The Balaban J connectivity index is 2.29. The molecule has 2 aromatic rings. The van der Waals surface area contributed by atoms with E-state index in [1.807, 2.05) is 25.8 Å². The molecule has 7 heteroatoms. The van der Waals surface area contributed by atoms with E-state index < -0.39 is 0 Å². The van der Waals surface area contributed by atoms with Gasteiger partial charge in [0.15, 0.2) is 0 Å². The van der Waals surface area contributed by atoms with E-state index in [1.54, 1.807) is 19.4 Å². The van der Waals surface area contributed by atoms with Crippen LogP contribution in [0, 0.1) is 13.8 Å². The van der Waals surface area contributed by atoms with Crippen LogP contribution in [0.5, 0.6) is 5.75 Å². The lowest BCUT2D eigenvalue weighted by atomic mass is 10.1. The quantitative estimate of drug-likeness (QED) is 0.874. The maximum Gasteiger partial charge on any atom is 0.223 e. The first-order valence-corrected chi connectivity index (χ1v) is 6.80. The van der Waals surface area contributed by atoms with Gasteiger partial charge in [0.25, 0.3) is 0 Å². The van der Waals surface area contributed by atoms with E-state index in [0.29, 0.717) is 17.5 Å². The molecule has 6 nitrogen and oxygen atoms in total. The van der Waals surface area contributed by atoms with E-state index in [4.69, 9.17) is 22.1 Å². The molecule has 0 spiro atoms. The monoisotopic (exact) mass is 307 g/mol. The molecule has 0 amide bonds. The Hall–Kier alpha value is -2.08. The Morgan fingerprint density at radius 1 is 1.33 bits per heavy atom. The molecule has 2 rings (SSSR count). The van der Waals surface area contributed by atoms with Gasteiger partial charge in [0.05, 0.1) is 19.3 Å². The maximum absolute atomic E-state index is 5.90. The van der Waals surface area contributed by atoms with Gasteiger partial charge in [-0.25, -0.2) is 4.98 Å². The minimum atomic E-state index is 0.149. The molecular weight excluding hydrogens is 290 g/mol. The highest BCUT2D eigenvalue weighted by atomic mass is 35.5. The molecular formula is C14H18ClN5O. The summed E-state index contributed by atoms with van der Waals surface area (Å²) in [5, 5.41) is 0.315. The number of hydrogen-bond donors (Lipinski definition) is 1. The average Bonchev–Trinajstić information content (AvgIpc) is 2.41. The molecule has 0 bridgehead atoms. The SMILES string of the molecule is COc1c(C)cnc(CN(C)c2cc(Cl)nc(N)n2)c1C. The number of anilines is 2. The lowest BCUT2D eigenvalue weighted by Crippen LogP contribution is -2.20. The number of pyridine rings is 1. The summed E-state index contributed by atoms with van der Waals surface area (Å²) in [5.41, 5.74) is 8.55. The molecule has 0 aromatic carbocycles. The first-order chi connectivity index (χ1) is 9.92. The number of aryl methyl sites for hydroxylation is 1. The smallest absolute Gasteiger partial charge is 0.223 e. The molecule has 2 aromatic heterocycles. The molecule has 0 aliphatic heterocycles. The van der Waals surface area contributed by atoms with Gasteiger partial charge in [0.1, 0.15) is 16.7 Å². The van der Waals surface area contributed by atoms with Crippen molar-refractivity contribution < 1.29 is 4.74 Å². The molecule has 0 saturated carbocycles. The van der Waals surface area contributed by atoms with Crippen LogP contribution in [-0.2, 0) is 6.54 Å². The van der Waals surface area contributed by atoms with E-state index >= 15 is 0 Å². The predicted molar refractivity (Wildman–Crippen MR) is 83.8 cm³/mol. The molecule has 0 aliphatic carbocycles. The Labute approximate surface area is 128 Å². The number of hydrogen-bond acceptors (Lipinski definition) is 6. The van der Waals surface area contributed by atoms with Gasteiger partial charge in [-0.3, -0.25) is 4.98 Å². The number of ether oxygens (including phenoxy) is 1. The Morgan fingerprint density at radius 3 is 2.67 bits per heavy atom. The van der Waals surface area contributed by atoms with Gasteiger partial charge < -0.3 is 15.4 Å². The summed E-state index contributed by atoms with van der Waals surface area (Å²) < 4.78 is 5.42. The second kappa shape index (κ2) is 6.13. The largest absolute Gasteiger partial charge is 0.496 e. The molecule has 0 radical (unpaired) electrons. The second-order valence-corrected chi connectivity index (χ2v) is 5.20. The van der Waals surface area contributed by atoms with Crippen LogP contribution >= 0.6 is 11.6 Å². The Bertz CT molecular complexity index is 642. The fourth-order valence-corrected chi connectivity index (χ4v) is 2.34. The topological polar surface area (TPSA) is 77.2 Å². The summed E-state index contributed by atoms with van der Waals surface area (Å²) in [4.78, 5) is 14.4. The van der Waals surface area contributed by atoms with Crippen LogP contribution in [0.1, 0.15) is 16.8 Å². The number of halogens is 1. The molecule has 0 atom stereocenters. The van der Waals surface area contributed by atoms with Gasteiger partial charge in [-0.2, -0.15) is 4.98 Å². The first kappa shape index (κ1) is 15.3. The molecule has 2 N–H and O–H groups in total. The fraction of sp³-hybridized carbons (Fsp3) is 0.357. The van der Waals surface area contributed by atoms with Crippen molar-refractivity contribution in [2.75, 3.05) is 24.8 Å². The number of nitrogens with zero attached hydrogens (tertiary/aromatic N) is 4. The van der Waals surface area contributed by atoms with Gasteiger partial charge in [-0.1, -0.05) is 11.6 Å². The molecule has 0 saturated heterocycles. The second-order valence-electron chi connectivity index (χ2n) is 4.81. The zero-order chi connectivity index (χ0) is 15.6. The van der Waals surface area contributed by atoms with Gasteiger partial charge >= 0.3 is 0 Å². The maximum atomic E-state index is 5.90. The van der Waals surface area contributed by atoms with Crippen LogP contribution in [0.2, 0.25) is 5.15 Å². The van der Waals surface area contributed by atoms with Crippen molar-refractivity contribution in [3.05, 3.63) is 34.2 Å². The van der Waals surface area contributed by atoms with Crippen molar-refractivity contribution in [2.45, 2.75) is 20.4 Å². The van der Waals surface area contributed by atoms with Crippen molar-refractivity contribution in [1.29, 1.82) is 0 Å². The Morgan fingerprint density at radius 2 is 2.05 bits per heavy atom. The van der Waals surface area contributed by atoms with Crippen LogP contribution in [0.3, 0.4) is 0 Å². The summed E-state index contributed by atoms with van der Waals surface area (Å²) in [7, 11) is 3.55. The van der Waals surface area contributed by atoms with Gasteiger partial charge in [0, 0.05) is 30.4 Å². The molecule has 0 aliphatic rings. The molecule has 0 fully saturated rings. The highest BCUT2D eigenvalue weighted by Crippen LogP contribution is 2.25. The van der Waals surface area contributed by atoms with Gasteiger partial charge in [-0.05, 0) is 13.8 Å². The van der Waals surface area contributed by atoms with E-state index in [2.05, 4.69) is 15.0 Å². The van der Waals surface area contributed by atoms with E-state index in [9.17, 15) is 0 Å². The van der Waals surface area contributed by atoms with Crippen LogP contribution in [-0.4, -0.2) is 29.1 Å². The van der Waals surface area contributed by atoms with Crippen molar-refractivity contribution in [3.8, 4) is 5.75 Å². The average molecular weight is 308 g/mol. The standard InChI is InChI=1S/C14H18ClN5O/c1-8-6-17-10(9(2)13(8)21-4)7-20(3)12-5-11(15)18-14(16)19-12/h5-6H,7H2,1-4H3,(H2,16,18,19). The number of rotatable bonds is 4. The van der Waals surface area contributed by atoms with Gasteiger partial charge in [0.2, 0.25) is 5.95 Å². The summed E-state index contributed by atoms with van der Waals surface area (Å²) in [6, 6.07) is 1.67. The van der Waals surface area contributed by atoms with Crippen LogP contribution in [0.25, 0.3) is 0 Å². The molecule has 0 unspecified atom stereocenters. The number of nitrogen functional groups attached to an aromatic ring is 1. The van der Waals surface area contributed by atoms with E-state index in [1.165, 1.54) is 0 Å². The number of aromatic nitrogens is 3. The summed E-state index contributed by atoms with van der Waals surface area (Å²) in [6.07, 6.45) is 1.80. The predicted octanol–water partition coefficient (Wildman–Crippen LogP) is 2.37. The number of nitrogens with two attached hydrogens (primary N) is 1. The summed E-state index contributed by atoms with van der Waals surface area (Å²) in [5.74, 6) is 1.65. The normalized spacial score (nSPS) is 10.5. The highest BCUT2D eigenvalue weighted by Gasteiger charge is 2.13. The lowest BCUT2D eigenvalue weighted by Gasteiger charge is -2.20. The van der Waals surface area contributed by atoms with Crippen molar-refractivity contribution in [1.82, 2.24) is 15.0 Å². The number of methoxy groups -OCH3 is 1. The molecule has 21 heavy (non-hydrogen) atoms. The summed E-state index contributed by atoms with van der Waals surface area (Å²) >= 11 is 5.90. The van der Waals surface area contributed by atoms with Crippen LogP contribution in [0.4, 0.5) is 11.8 Å². The zero-order valence-corrected chi connectivity index (χ0v) is 13.3.